The zero-order valence-corrected chi connectivity index (χ0v) is 24.5. The van der Waals surface area contributed by atoms with Gasteiger partial charge in [0.25, 0.3) is 10.0 Å². The number of nitrogens with one attached hydrogen (secondary N) is 2. The van der Waals surface area contributed by atoms with Crippen LogP contribution in [0.1, 0.15) is 25.7 Å². The zero-order chi connectivity index (χ0) is 29.0. The molecule has 10 nitrogen and oxygen atoms in total. The predicted octanol–water partition coefficient (Wildman–Crippen LogP) is 5.72. The van der Waals surface area contributed by atoms with Crippen LogP contribution in [0.2, 0.25) is 0 Å². The van der Waals surface area contributed by atoms with Gasteiger partial charge in [0, 0.05) is 41.2 Å². The summed E-state index contributed by atoms with van der Waals surface area (Å²) < 4.78 is 55.2. The fourth-order valence-electron chi connectivity index (χ4n) is 4.52. The monoisotopic (exact) mass is 642 g/mol. The molecule has 4 aromatic rings. The summed E-state index contributed by atoms with van der Waals surface area (Å²) in [6.45, 7) is 0. The summed E-state index contributed by atoms with van der Waals surface area (Å²) >= 11 is 3.26. The molecular formula is C28H28BrFN6O4S. The van der Waals surface area contributed by atoms with Crippen molar-refractivity contribution in [3.05, 3.63) is 77.4 Å². The maximum absolute atomic E-state index is 15.2. The molecule has 41 heavy (non-hydrogen) atoms. The van der Waals surface area contributed by atoms with E-state index in [1.54, 1.807) is 30.6 Å². The predicted molar refractivity (Wildman–Crippen MR) is 157 cm³/mol. The number of aromatic nitrogens is 3. The van der Waals surface area contributed by atoms with Crippen LogP contribution in [-0.4, -0.2) is 42.6 Å². The van der Waals surface area contributed by atoms with Crippen molar-refractivity contribution < 1.29 is 22.3 Å². The van der Waals surface area contributed by atoms with Crippen LogP contribution in [-0.2, 0) is 10.0 Å². The quantitative estimate of drug-likeness (QED) is 0.209. The number of nitrogens with two attached hydrogens (primary N) is 1. The molecule has 1 saturated carbocycles. The van der Waals surface area contributed by atoms with E-state index in [-0.39, 0.29) is 34.2 Å². The van der Waals surface area contributed by atoms with Gasteiger partial charge < -0.3 is 20.5 Å². The minimum Gasteiger partial charge on any atom is -0.495 e. The highest BCUT2D eigenvalue weighted by Crippen LogP contribution is 2.35. The van der Waals surface area contributed by atoms with Gasteiger partial charge in [-0.15, -0.1) is 0 Å². The van der Waals surface area contributed by atoms with Crippen LogP contribution in [0.4, 0.5) is 16.0 Å². The van der Waals surface area contributed by atoms with Crippen LogP contribution in [0.15, 0.2) is 76.5 Å². The van der Waals surface area contributed by atoms with Crippen molar-refractivity contribution in [1.82, 2.24) is 15.0 Å². The van der Waals surface area contributed by atoms with E-state index in [1.807, 2.05) is 0 Å². The van der Waals surface area contributed by atoms with E-state index in [1.165, 1.54) is 37.6 Å². The summed E-state index contributed by atoms with van der Waals surface area (Å²) in [6, 6.07) is 12.2. The average Bonchev–Trinajstić information content (AvgIpc) is 2.96. The van der Waals surface area contributed by atoms with Crippen LogP contribution in [0, 0.1) is 5.82 Å². The van der Waals surface area contributed by atoms with Crippen molar-refractivity contribution in [2.75, 3.05) is 17.1 Å². The van der Waals surface area contributed by atoms with Crippen LogP contribution >= 0.6 is 15.9 Å². The molecule has 2 aromatic carbocycles. The van der Waals surface area contributed by atoms with Gasteiger partial charge in [-0.05, 0) is 68.1 Å². The van der Waals surface area contributed by atoms with E-state index in [0.717, 1.165) is 31.7 Å². The van der Waals surface area contributed by atoms with Gasteiger partial charge in [0.15, 0.2) is 11.6 Å². The number of nitrogens with zero attached hydrogens (tertiary/aromatic N) is 3. The highest BCUT2D eigenvalue weighted by Gasteiger charge is 2.22. The van der Waals surface area contributed by atoms with Gasteiger partial charge in [-0.3, -0.25) is 9.71 Å². The number of hydrogen-bond donors (Lipinski definition) is 3. The van der Waals surface area contributed by atoms with E-state index in [9.17, 15) is 8.42 Å². The molecule has 0 atom stereocenters. The van der Waals surface area contributed by atoms with Crippen LogP contribution in [0.3, 0.4) is 0 Å². The van der Waals surface area contributed by atoms with Crippen molar-refractivity contribution in [3.8, 4) is 28.5 Å². The Morgan fingerprint density at radius 2 is 1.78 bits per heavy atom. The molecular weight excluding hydrogens is 615 g/mol. The molecule has 5 rings (SSSR count). The molecule has 2 heterocycles. The Morgan fingerprint density at radius 1 is 1.00 bits per heavy atom. The normalized spacial score (nSPS) is 17.1. The number of anilines is 2. The molecule has 0 spiro atoms. The van der Waals surface area contributed by atoms with E-state index in [4.69, 9.17) is 15.2 Å². The first-order valence-corrected chi connectivity index (χ1v) is 15.1. The lowest BCUT2D eigenvalue weighted by molar-refractivity contribution is 0.403. The lowest BCUT2D eigenvalue weighted by Crippen LogP contribution is -2.33. The first-order valence-electron chi connectivity index (χ1n) is 12.8. The molecule has 1 fully saturated rings. The SMILES string of the molecule is COc1ccc(Br)cc1S(=O)(=O)Nc1ccc(Oc2ccncc2-c2ccnc(NC3CCC(N)CC3)n2)c(F)c1. The van der Waals surface area contributed by atoms with Crippen LogP contribution in [0.5, 0.6) is 17.2 Å². The molecule has 0 unspecified atom stereocenters. The summed E-state index contributed by atoms with van der Waals surface area (Å²) in [7, 11) is -2.71. The number of halogens is 2. The first kappa shape index (κ1) is 28.7. The maximum atomic E-state index is 15.2. The molecule has 4 N–H and O–H groups in total. The molecule has 2 aromatic heterocycles. The minimum atomic E-state index is -4.07. The van der Waals surface area contributed by atoms with Crippen LogP contribution < -0.4 is 25.2 Å². The van der Waals surface area contributed by atoms with Crippen molar-refractivity contribution >= 4 is 37.6 Å². The molecule has 1 aliphatic carbocycles. The molecule has 0 radical (unpaired) electrons. The standard InChI is InChI=1S/C28H28BrFN6O4S/c1-39-26-8-2-17(29)14-27(26)41(37,38)36-20-7-9-25(22(30)15-20)40-24-11-12-32-16-21(24)23-10-13-33-28(35-23)34-19-5-3-18(31)4-6-19/h2,7-16,18-19,36H,3-6,31H2,1H3,(H,33,34,35). The third-order valence-electron chi connectivity index (χ3n) is 6.64. The molecule has 214 valence electrons. The summed E-state index contributed by atoms with van der Waals surface area (Å²) in [5.41, 5.74) is 7.11. The molecule has 1 aliphatic rings. The number of hydrogen-bond acceptors (Lipinski definition) is 9. The number of benzene rings is 2. The van der Waals surface area contributed by atoms with Gasteiger partial charge in [-0.1, -0.05) is 15.9 Å². The lowest BCUT2D eigenvalue weighted by Gasteiger charge is -2.26. The lowest BCUT2D eigenvalue weighted by atomic mass is 9.92. The fourth-order valence-corrected chi connectivity index (χ4v) is 6.28. The fraction of sp³-hybridized carbons (Fsp3) is 0.250. The maximum Gasteiger partial charge on any atom is 0.265 e. The second-order valence-electron chi connectivity index (χ2n) is 9.54. The van der Waals surface area contributed by atoms with Crippen molar-refractivity contribution in [2.24, 2.45) is 5.73 Å². The number of pyridine rings is 1. The Labute approximate surface area is 245 Å². The van der Waals surface area contributed by atoms with Crippen molar-refractivity contribution in [3.63, 3.8) is 0 Å². The van der Waals surface area contributed by atoms with Gasteiger partial charge in [0.05, 0.1) is 24.1 Å². The minimum absolute atomic E-state index is 0.0158. The highest BCUT2D eigenvalue weighted by molar-refractivity contribution is 9.10. The van der Waals surface area contributed by atoms with Gasteiger partial charge >= 0.3 is 0 Å². The topological polar surface area (TPSA) is 141 Å². The van der Waals surface area contributed by atoms with E-state index >= 15 is 4.39 Å². The van der Waals surface area contributed by atoms with E-state index in [2.05, 4.69) is 40.9 Å². The average molecular weight is 644 g/mol. The summed E-state index contributed by atoms with van der Waals surface area (Å²) in [4.78, 5) is 13.1. The Kier molecular flexibility index (Phi) is 8.66. The van der Waals surface area contributed by atoms with Gasteiger partial charge in [0.2, 0.25) is 5.95 Å². The van der Waals surface area contributed by atoms with Crippen molar-refractivity contribution in [1.29, 1.82) is 0 Å². The summed E-state index contributed by atoms with van der Waals surface area (Å²) in [5.74, 6) is 0.0699. The Morgan fingerprint density at radius 3 is 2.54 bits per heavy atom. The van der Waals surface area contributed by atoms with E-state index < -0.39 is 15.8 Å². The number of methoxy groups -OCH3 is 1. The van der Waals surface area contributed by atoms with Gasteiger partial charge in [-0.2, -0.15) is 0 Å². The Balaban J connectivity index is 1.34. The highest BCUT2D eigenvalue weighted by atomic mass is 79.9. The van der Waals surface area contributed by atoms with E-state index in [0.29, 0.717) is 27.4 Å². The second kappa shape index (κ2) is 12.4. The smallest absolute Gasteiger partial charge is 0.265 e. The summed E-state index contributed by atoms with van der Waals surface area (Å²) in [5, 5.41) is 3.37. The van der Waals surface area contributed by atoms with Gasteiger partial charge in [-0.25, -0.2) is 22.8 Å². The summed E-state index contributed by atoms with van der Waals surface area (Å²) in [6.07, 6.45) is 8.51. The zero-order valence-electron chi connectivity index (χ0n) is 22.1. The molecule has 13 heteroatoms. The first-order chi connectivity index (χ1) is 19.7. The third-order valence-corrected chi connectivity index (χ3v) is 8.53. The molecule has 0 aliphatic heterocycles. The number of ether oxygens (including phenoxy) is 2. The largest absolute Gasteiger partial charge is 0.495 e. The van der Waals surface area contributed by atoms with Crippen LogP contribution in [0.25, 0.3) is 11.3 Å². The van der Waals surface area contributed by atoms with Gasteiger partial charge in [0.1, 0.15) is 16.4 Å². The Hall–Kier alpha value is -3.81. The molecule has 0 amide bonds. The van der Waals surface area contributed by atoms with Crippen molar-refractivity contribution in [2.45, 2.75) is 42.7 Å². The second-order valence-corrected chi connectivity index (χ2v) is 12.1. The Bertz CT molecular complexity index is 1650. The molecule has 0 bridgehead atoms. The third kappa shape index (κ3) is 6.92. The molecule has 0 saturated heterocycles. The number of rotatable bonds is 9. The number of sulfonamides is 1.